The molecule has 0 amide bonds. The predicted octanol–water partition coefficient (Wildman–Crippen LogP) is 5.24. The number of hydrogen-bond donors (Lipinski definition) is 2. The zero-order valence-corrected chi connectivity index (χ0v) is 18.6. The summed E-state index contributed by atoms with van der Waals surface area (Å²) in [6, 6.07) is 0. The minimum atomic E-state index is 0.0104. The van der Waals surface area contributed by atoms with E-state index in [0.717, 1.165) is 30.7 Å². The number of hydrogen-bond acceptors (Lipinski definition) is 3. The van der Waals surface area contributed by atoms with Crippen molar-refractivity contribution in [3.05, 3.63) is 12.3 Å². The zero-order chi connectivity index (χ0) is 20.2. The maximum absolute atomic E-state index is 7.48. The van der Waals surface area contributed by atoms with Gasteiger partial charge in [-0.3, -0.25) is 0 Å². The van der Waals surface area contributed by atoms with Gasteiger partial charge in [-0.2, -0.15) is 0 Å². The summed E-state index contributed by atoms with van der Waals surface area (Å²) in [6.45, 7) is 13.0. The molecule has 4 saturated carbocycles. The Bertz CT molecular complexity index is 605. The normalized spacial score (nSPS) is 50.5. The van der Waals surface area contributed by atoms with Crippen molar-refractivity contribution in [1.29, 1.82) is 0 Å². The van der Waals surface area contributed by atoms with Gasteiger partial charge in [0, 0.05) is 30.4 Å². The Kier molecular flexibility index (Phi) is 5.41. The van der Waals surface area contributed by atoms with Crippen LogP contribution in [0.3, 0.4) is 0 Å². The molecule has 0 heterocycles. The van der Waals surface area contributed by atoms with Crippen LogP contribution < -0.4 is 11.5 Å². The topological polar surface area (TPSA) is 61.3 Å². The monoisotopic (exact) mass is 388 g/mol. The lowest BCUT2D eigenvalue weighted by Gasteiger charge is -2.66. The van der Waals surface area contributed by atoms with Gasteiger partial charge in [-0.1, -0.05) is 20.4 Å². The summed E-state index contributed by atoms with van der Waals surface area (Å²) in [7, 11) is 0. The first-order valence-corrected chi connectivity index (χ1v) is 12.1. The Hall–Kier alpha value is -0.540. The first kappa shape index (κ1) is 20.7. The first-order valence-electron chi connectivity index (χ1n) is 12.1. The van der Waals surface area contributed by atoms with Crippen molar-refractivity contribution in [2.45, 2.75) is 90.5 Å². The van der Waals surface area contributed by atoms with Crippen LogP contribution >= 0.6 is 0 Å². The van der Waals surface area contributed by atoms with E-state index in [1.165, 1.54) is 64.2 Å². The molecule has 160 valence electrons. The fourth-order valence-electron chi connectivity index (χ4n) is 9.08. The average Bonchev–Trinajstić information content (AvgIpc) is 3.04. The Morgan fingerprint density at radius 2 is 1.82 bits per heavy atom. The summed E-state index contributed by atoms with van der Waals surface area (Å²) in [5.74, 6) is 3.40. The van der Waals surface area contributed by atoms with Gasteiger partial charge in [0.15, 0.2) is 0 Å². The van der Waals surface area contributed by atoms with E-state index >= 15 is 0 Å². The molecule has 0 bridgehead atoms. The van der Waals surface area contributed by atoms with Crippen LogP contribution in [0.5, 0.6) is 0 Å². The maximum Gasteiger partial charge on any atom is 0.0494 e. The van der Waals surface area contributed by atoms with Crippen LogP contribution in [0, 0.1) is 40.4 Å². The quantitative estimate of drug-likeness (QED) is 0.677. The smallest absolute Gasteiger partial charge is 0.0494 e. The summed E-state index contributed by atoms with van der Waals surface area (Å²) in [6.07, 6.45) is 13.0. The predicted molar refractivity (Wildman–Crippen MR) is 117 cm³/mol. The molecule has 3 nitrogen and oxygen atoms in total. The molecule has 0 aromatic heterocycles. The SMILES string of the molecule is C=C(N)C1CCC2C1(C)CCC1C2(N)CCC2CC(COCC)CCC21CC. The molecule has 0 spiro atoms. The lowest BCUT2D eigenvalue weighted by Crippen LogP contribution is -2.68. The highest BCUT2D eigenvalue weighted by Crippen LogP contribution is 2.69. The Morgan fingerprint density at radius 1 is 1.04 bits per heavy atom. The molecule has 0 aromatic carbocycles. The van der Waals surface area contributed by atoms with E-state index in [2.05, 4.69) is 27.4 Å². The minimum Gasteiger partial charge on any atom is -0.402 e. The summed E-state index contributed by atoms with van der Waals surface area (Å²) in [5, 5.41) is 0. The lowest BCUT2D eigenvalue weighted by atomic mass is 9.40. The Balaban J connectivity index is 1.61. The number of rotatable bonds is 5. The van der Waals surface area contributed by atoms with Gasteiger partial charge in [0.05, 0.1) is 0 Å². The van der Waals surface area contributed by atoms with Crippen LogP contribution in [0.15, 0.2) is 12.3 Å². The van der Waals surface area contributed by atoms with Crippen molar-refractivity contribution >= 4 is 0 Å². The van der Waals surface area contributed by atoms with Gasteiger partial charge in [0.1, 0.15) is 0 Å². The number of fused-ring (bicyclic) bond motifs is 5. The van der Waals surface area contributed by atoms with Gasteiger partial charge >= 0.3 is 0 Å². The van der Waals surface area contributed by atoms with Crippen LogP contribution in [0.2, 0.25) is 0 Å². The molecule has 28 heavy (non-hydrogen) atoms. The van der Waals surface area contributed by atoms with Gasteiger partial charge in [-0.15, -0.1) is 0 Å². The van der Waals surface area contributed by atoms with E-state index in [1.54, 1.807) is 0 Å². The Labute approximate surface area is 173 Å². The van der Waals surface area contributed by atoms with Gasteiger partial charge in [-0.25, -0.2) is 0 Å². The molecule has 0 radical (unpaired) electrons. The molecule has 4 fully saturated rings. The highest BCUT2D eigenvalue weighted by atomic mass is 16.5. The third-order valence-electron chi connectivity index (χ3n) is 10.3. The average molecular weight is 389 g/mol. The molecular weight excluding hydrogens is 344 g/mol. The second-order valence-corrected chi connectivity index (χ2v) is 11.1. The second-order valence-electron chi connectivity index (χ2n) is 11.1. The third-order valence-corrected chi connectivity index (χ3v) is 10.3. The zero-order valence-electron chi connectivity index (χ0n) is 18.6. The highest BCUT2D eigenvalue weighted by Gasteiger charge is 2.66. The molecule has 4 rings (SSSR count). The minimum absolute atomic E-state index is 0.0104. The summed E-state index contributed by atoms with van der Waals surface area (Å²) >= 11 is 0. The van der Waals surface area contributed by atoms with Crippen LogP contribution in [-0.4, -0.2) is 18.8 Å². The van der Waals surface area contributed by atoms with Gasteiger partial charge in [0.25, 0.3) is 0 Å². The summed E-state index contributed by atoms with van der Waals surface area (Å²) in [5.41, 5.74) is 15.4. The van der Waals surface area contributed by atoms with E-state index in [-0.39, 0.29) is 11.0 Å². The van der Waals surface area contributed by atoms with Gasteiger partial charge in [0.2, 0.25) is 0 Å². The molecule has 4 aliphatic carbocycles. The molecule has 8 unspecified atom stereocenters. The van der Waals surface area contributed by atoms with E-state index in [9.17, 15) is 0 Å². The van der Waals surface area contributed by atoms with Crippen LogP contribution in [0.4, 0.5) is 0 Å². The fourth-order valence-corrected chi connectivity index (χ4v) is 9.08. The molecule has 8 atom stereocenters. The molecule has 3 heteroatoms. The van der Waals surface area contributed by atoms with Crippen molar-refractivity contribution in [1.82, 2.24) is 0 Å². The first-order chi connectivity index (χ1) is 13.3. The third kappa shape index (κ3) is 2.82. The number of ether oxygens (including phenoxy) is 1. The molecule has 4 aliphatic rings. The van der Waals surface area contributed by atoms with Crippen LogP contribution in [-0.2, 0) is 4.74 Å². The van der Waals surface area contributed by atoms with E-state index in [0.29, 0.717) is 23.2 Å². The van der Waals surface area contributed by atoms with Gasteiger partial charge < -0.3 is 16.2 Å². The van der Waals surface area contributed by atoms with Crippen molar-refractivity contribution in [3.63, 3.8) is 0 Å². The second kappa shape index (κ2) is 7.30. The van der Waals surface area contributed by atoms with Crippen LogP contribution in [0.25, 0.3) is 0 Å². The fraction of sp³-hybridized carbons (Fsp3) is 0.920. The largest absolute Gasteiger partial charge is 0.402 e. The molecular formula is C25H44N2O. The number of nitrogens with two attached hydrogens (primary N) is 2. The maximum atomic E-state index is 7.48. The Morgan fingerprint density at radius 3 is 2.50 bits per heavy atom. The summed E-state index contributed by atoms with van der Waals surface area (Å²) in [4.78, 5) is 0. The lowest BCUT2D eigenvalue weighted by molar-refractivity contribution is -0.143. The number of allylic oxidation sites excluding steroid dienone is 1. The standard InChI is InChI=1S/C25H44N2O/c1-5-24-13-9-18(16-28-6-2)15-19(24)10-14-25(27)21-8-7-20(17(3)26)23(21,4)12-11-22(24)25/h18-22H,3,5-16,26-27H2,1-2,4H3. The van der Waals surface area contributed by atoms with Crippen molar-refractivity contribution in [2.75, 3.05) is 13.2 Å². The van der Waals surface area contributed by atoms with E-state index < -0.39 is 0 Å². The molecule has 0 aliphatic heterocycles. The van der Waals surface area contributed by atoms with E-state index in [4.69, 9.17) is 16.2 Å². The van der Waals surface area contributed by atoms with Crippen LogP contribution in [0.1, 0.15) is 85.0 Å². The molecule has 0 saturated heterocycles. The molecule has 4 N–H and O–H groups in total. The molecule has 0 aromatic rings. The van der Waals surface area contributed by atoms with Gasteiger partial charge in [-0.05, 0) is 106 Å². The van der Waals surface area contributed by atoms with Crippen molar-refractivity contribution in [3.8, 4) is 0 Å². The highest BCUT2D eigenvalue weighted by molar-refractivity contribution is 5.21. The van der Waals surface area contributed by atoms with Crippen molar-refractivity contribution < 1.29 is 4.74 Å². The van der Waals surface area contributed by atoms with Crippen molar-refractivity contribution in [2.24, 2.45) is 51.9 Å². The summed E-state index contributed by atoms with van der Waals surface area (Å²) < 4.78 is 5.81. The van der Waals surface area contributed by atoms with E-state index in [1.807, 2.05) is 0 Å².